The average molecular weight is 1050 g/mol. The van der Waals surface area contributed by atoms with E-state index < -0.39 is 132 Å². The van der Waals surface area contributed by atoms with E-state index in [2.05, 4.69) is 40.7 Å². The van der Waals surface area contributed by atoms with Crippen molar-refractivity contribution in [1.29, 1.82) is 0 Å². The van der Waals surface area contributed by atoms with Crippen LogP contribution >= 0.6 is 0 Å². The summed E-state index contributed by atoms with van der Waals surface area (Å²) in [7, 11) is -27.9. The van der Waals surface area contributed by atoms with E-state index in [0.29, 0.717) is 30.3 Å². The summed E-state index contributed by atoms with van der Waals surface area (Å²) in [5, 5.41) is 25.6. The van der Waals surface area contributed by atoms with Crippen LogP contribution < -0.4 is 224 Å². The zero-order chi connectivity index (χ0) is 42.6. The minimum Gasteiger partial charge on any atom is -0.744 e. The second-order valence-electron chi connectivity index (χ2n) is 10.9. The third-order valence-corrected chi connectivity index (χ3v) is 11.4. The minimum absolute atomic E-state index is 0. The molecule has 0 amide bonds. The molecule has 1 aromatic heterocycles. The van der Waals surface area contributed by atoms with Crippen molar-refractivity contribution in [2.24, 2.45) is 20.5 Å². The standard InChI is InChI=1S/C26H20FN9O16S5.3K.2Na/c1-10-29-25(27)32-26(30-10)31-12-2-4-16(54(41,42)43)14(8-12)33-36-23-19(57(50,51)52)7-11-6-18(56(47,48)49)22(21(28)20(11)24(23)37)35-34-15-9-13(53(38,39)40)3-5-17(15)55(44,45)46;;;;;/h2-9,37H,28H2,1H3,(H,38,39,40)(H,41,42,43)(H,44,45,46)(H,47,48,49)(H,50,51,52)(H,29,30,31,32);;;;;/q;5*+1/p-5. The largest absolute Gasteiger partial charge is 1.00 e. The number of hydrogen-bond donors (Lipinski definition) is 3. The number of halogens is 1. The Morgan fingerprint density at radius 1 is 0.613 bits per heavy atom. The topological polar surface area (TPSA) is 432 Å². The average Bonchev–Trinajstić information content (AvgIpc) is 3.04. The summed E-state index contributed by atoms with van der Waals surface area (Å²) < 4.78 is 194. The quantitative estimate of drug-likeness (QED) is 0.0478. The predicted octanol–water partition coefficient (Wildman–Crippen LogP) is -13.1. The van der Waals surface area contributed by atoms with E-state index in [1.807, 2.05) is 0 Å². The second-order valence-corrected chi connectivity index (χ2v) is 17.7. The van der Waals surface area contributed by atoms with E-state index >= 15 is 0 Å². The molecular weight excluding hydrogens is 1040 g/mol. The van der Waals surface area contributed by atoms with Crippen molar-refractivity contribution >= 4 is 101 Å². The van der Waals surface area contributed by atoms with Crippen LogP contribution in [0.4, 0.5) is 44.5 Å². The fourth-order valence-electron chi connectivity index (χ4n) is 4.76. The number of azo groups is 2. The van der Waals surface area contributed by atoms with E-state index in [0.717, 1.165) is 12.1 Å². The van der Waals surface area contributed by atoms with Crippen LogP contribution in [0, 0.1) is 13.0 Å². The minimum atomic E-state index is -5.79. The summed E-state index contributed by atoms with van der Waals surface area (Å²) in [5.41, 5.74) is -0.0229. The molecule has 302 valence electrons. The van der Waals surface area contributed by atoms with Crippen molar-refractivity contribution in [1.82, 2.24) is 15.0 Å². The van der Waals surface area contributed by atoms with Crippen molar-refractivity contribution in [3.05, 3.63) is 60.4 Å². The molecular formula is C26H15FK3N9Na2O16S5. The van der Waals surface area contributed by atoms with Crippen molar-refractivity contribution in [3.63, 3.8) is 0 Å². The van der Waals surface area contributed by atoms with Gasteiger partial charge in [-0.2, -0.15) is 19.3 Å². The molecule has 0 saturated heterocycles. The van der Waals surface area contributed by atoms with Crippen LogP contribution in [0.3, 0.4) is 0 Å². The van der Waals surface area contributed by atoms with Crippen LogP contribution in [-0.2, 0) is 50.6 Å². The van der Waals surface area contributed by atoms with Crippen LogP contribution in [0.2, 0.25) is 0 Å². The molecule has 0 radical (unpaired) electrons. The Morgan fingerprint density at radius 2 is 1.06 bits per heavy atom. The molecule has 36 heteroatoms. The number of nitrogens with one attached hydrogen (secondary N) is 1. The molecule has 4 aromatic carbocycles. The smallest absolute Gasteiger partial charge is 0.744 e. The van der Waals surface area contributed by atoms with Gasteiger partial charge in [-0.1, -0.05) is 0 Å². The summed E-state index contributed by atoms with van der Waals surface area (Å²) >= 11 is 0. The Kier molecular flexibility index (Phi) is 24.6. The molecule has 0 unspecified atom stereocenters. The van der Waals surface area contributed by atoms with Gasteiger partial charge in [0.25, 0.3) is 0 Å². The van der Waals surface area contributed by atoms with Gasteiger partial charge in [0.05, 0.1) is 35.6 Å². The molecule has 0 aliphatic heterocycles. The van der Waals surface area contributed by atoms with Crippen LogP contribution in [0.5, 0.6) is 5.75 Å². The number of hydrogen-bond acceptors (Lipinski definition) is 25. The van der Waals surface area contributed by atoms with Gasteiger partial charge in [-0.05, 0) is 60.8 Å². The zero-order valence-electron chi connectivity index (χ0n) is 32.3. The predicted molar refractivity (Wildman–Crippen MR) is 179 cm³/mol. The number of phenols is 1. The Morgan fingerprint density at radius 3 is 1.53 bits per heavy atom. The normalized spacial score (nSPS) is 12.1. The van der Waals surface area contributed by atoms with Crippen molar-refractivity contribution in [3.8, 4) is 5.75 Å². The molecule has 5 rings (SSSR count). The maximum atomic E-state index is 13.7. The van der Waals surface area contributed by atoms with Gasteiger partial charge < -0.3 is 38.9 Å². The van der Waals surface area contributed by atoms with Crippen LogP contribution in [0.1, 0.15) is 5.82 Å². The van der Waals surface area contributed by atoms with E-state index in [9.17, 15) is 74.3 Å². The first kappa shape index (κ1) is 63.1. The maximum absolute atomic E-state index is 13.7. The molecule has 0 spiro atoms. The first-order valence-electron chi connectivity index (χ1n) is 14.2. The fraction of sp³-hybridized carbons (Fsp3) is 0.0385. The number of aryl methyl sites for hydroxylation is 1. The Bertz CT molecular complexity index is 3190. The molecule has 4 N–H and O–H groups in total. The van der Waals surface area contributed by atoms with Gasteiger partial charge in [-0.3, -0.25) is 0 Å². The van der Waals surface area contributed by atoms with Crippen LogP contribution in [0.15, 0.2) is 93.5 Å². The number of rotatable bonds is 11. The number of nitrogens with zero attached hydrogens (tertiary/aromatic N) is 7. The third kappa shape index (κ3) is 15.6. The molecule has 0 saturated carbocycles. The van der Waals surface area contributed by atoms with Crippen molar-refractivity contribution in [2.75, 3.05) is 11.1 Å². The number of anilines is 3. The first-order chi connectivity index (χ1) is 26.1. The van der Waals surface area contributed by atoms with E-state index in [-0.39, 0.29) is 231 Å². The maximum Gasteiger partial charge on any atom is 1.00 e. The number of aromatic hydroxyl groups is 1. The molecule has 1 heterocycles. The zero-order valence-corrected chi connectivity index (χ0v) is 49.8. The molecule has 0 aliphatic carbocycles. The summed E-state index contributed by atoms with van der Waals surface area (Å²) in [6.07, 6.45) is -1.23. The molecule has 5 aromatic rings. The third-order valence-electron chi connectivity index (χ3n) is 7.06. The van der Waals surface area contributed by atoms with Crippen LogP contribution in [-0.4, -0.2) is 84.9 Å². The Balaban J connectivity index is 0.00000744. The van der Waals surface area contributed by atoms with Gasteiger partial charge in [-0.15, -0.1) is 20.5 Å². The van der Waals surface area contributed by atoms with E-state index in [1.54, 1.807) is 0 Å². The monoisotopic (exact) mass is 1050 g/mol. The molecule has 0 aliphatic rings. The van der Waals surface area contributed by atoms with Crippen LogP contribution in [0.25, 0.3) is 10.8 Å². The van der Waals surface area contributed by atoms with Gasteiger partial charge in [-0.25, -0.2) is 42.1 Å². The Labute approximate surface area is 522 Å². The van der Waals surface area contributed by atoms with Gasteiger partial charge in [0, 0.05) is 5.69 Å². The van der Waals surface area contributed by atoms with Gasteiger partial charge in [0.1, 0.15) is 79.2 Å². The number of fused-ring (bicyclic) bond motifs is 1. The second kappa shape index (κ2) is 24.1. The van der Waals surface area contributed by atoms with Gasteiger partial charge in [0.2, 0.25) is 5.95 Å². The number of phenolic OH excluding ortho intramolecular Hbond substituents is 1. The number of benzene rings is 4. The molecule has 0 atom stereocenters. The van der Waals surface area contributed by atoms with E-state index in [1.165, 1.54) is 6.92 Å². The molecule has 0 bridgehead atoms. The fourth-order valence-corrected chi connectivity index (χ4v) is 7.74. The van der Waals surface area contributed by atoms with Crippen molar-refractivity contribution < 1.29 is 288 Å². The van der Waals surface area contributed by atoms with Gasteiger partial charge in [0.15, 0.2) is 5.75 Å². The molecule has 25 nitrogen and oxygen atoms in total. The summed E-state index contributed by atoms with van der Waals surface area (Å²) in [6.45, 7) is 1.29. The number of nitrogen functional groups attached to an aromatic ring is 1. The Hall–Kier alpha value is 1.14. The van der Waals surface area contributed by atoms with E-state index in [4.69, 9.17) is 5.73 Å². The SMILES string of the molecule is Cc1nc(F)nc(Nc2ccc(S(=O)(=O)[O-])c(N=Nc3c(S(=O)(=O)[O-])cc4cc(S(=O)(=O)[O-])c(N=Nc5cc(S(=O)(=O)[O-])ccc5S(=O)(=O)[O-])c(N)c4c3O)c2)n1.[K+].[K+].[K+].[Na+].[Na+]. The first-order valence-corrected chi connectivity index (χ1v) is 21.3. The summed E-state index contributed by atoms with van der Waals surface area (Å²) in [5.74, 6) is -1.99. The molecule has 0 fully saturated rings. The number of aromatic nitrogens is 3. The van der Waals surface area contributed by atoms with Crippen molar-refractivity contribution in [2.45, 2.75) is 31.4 Å². The molecule has 62 heavy (non-hydrogen) atoms. The van der Waals surface area contributed by atoms with Gasteiger partial charge >= 0.3 is 219 Å². The summed E-state index contributed by atoms with van der Waals surface area (Å²) in [4.78, 5) is 3.91. The summed E-state index contributed by atoms with van der Waals surface area (Å²) in [6, 6.07) is 4.05. The number of nitrogens with two attached hydrogens (primary N) is 1.